The highest BCUT2D eigenvalue weighted by molar-refractivity contribution is 5.66. The van der Waals surface area contributed by atoms with Crippen LogP contribution in [0.3, 0.4) is 0 Å². The van der Waals surface area contributed by atoms with E-state index in [9.17, 15) is 5.11 Å². The van der Waals surface area contributed by atoms with Crippen LogP contribution in [0.2, 0.25) is 0 Å². The summed E-state index contributed by atoms with van der Waals surface area (Å²) in [5, 5.41) is 38.9. The van der Waals surface area contributed by atoms with E-state index in [2.05, 4.69) is 221 Å². The molecule has 0 bridgehead atoms. The topological polar surface area (TPSA) is 462 Å². The number of nitrogens with one attached hydrogen (secondary N) is 1. The molecule has 4 aliphatic rings. The summed E-state index contributed by atoms with van der Waals surface area (Å²) in [7, 11) is 3.34. The van der Waals surface area contributed by atoms with Crippen molar-refractivity contribution in [2.75, 3.05) is 93.4 Å². The van der Waals surface area contributed by atoms with Gasteiger partial charge < -0.3 is 70.6 Å². The van der Waals surface area contributed by atoms with Crippen LogP contribution in [-0.2, 0) is 49.0 Å². The van der Waals surface area contributed by atoms with Gasteiger partial charge in [0.2, 0.25) is 23.8 Å². The second kappa shape index (κ2) is 37.0. The molecule has 18 rings (SSSR count). The lowest BCUT2D eigenvalue weighted by Crippen LogP contribution is -2.51. The number of hydrogen-bond acceptors (Lipinski definition) is 32. The van der Waals surface area contributed by atoms with Crippen LogP contribution in [0.25, 0.3) is 67.4 Å². The molecule has 14 aromatic rings. The Bertz CT molecular complexity index is 5540. The molecule has 2 unspecified atom stereocenters. The van der Waals surface area contributed by atoms with E-state index in [1.54, 1.807) is 76.2 Å². The number of aliphatic hydroxyl groups is 1. The van der Waals surface area contributed by atoms with Crippen molar-refractivity contribution in [3.8, 4) is 67.4 Å². The van der Waals surface area contributed by atoms with Gasteiger partial charge in [0.1, 0.15) is 0 Å². The molecular weight excluding hydrogens is 1560 g/mol. The van der Waals surface area contributed by atoms with Gasteiger partial charge in [0.25, 0.3) is 11.8 Å². The van der Waals surface area contributed by atoms with Gasteiger partial charge in [-0.25, -0.2) is 39.9 Å². The number of β-amino-alcohol motifs (C(OH)–C–C–N with tert-alkyl or cyclic N) is 1. The van der Waals surface area contributed by atoms with Crippen molar-refractivity contribution < 1.29 is 37.4 Å². The van der Waals surface area contributed by atoms with E-state index in [1.807, 2.05) is 38.8 Å². The van der Waals surface area contributed by atoms with Crippen molar-refractivity contribution in [1.29, 1.82) is 0 Å². The summed E-state index contributed by atoms with van der Waals surface area (Å²) in [5.41, 5.74) is 34.8. The Morgan fingerprint density at radius 3 is 1.12 bits per heavy atom. The third-order valence-electron chi connectivity index (χ3n) is 24.4. The van der Waals surface area contributed by atoms with E-state index >= 15 is 0 Å². The molecule has 10 N–H and O–H groups in total. The summed E-state index contributed by atoms with van der Waals surface area (Å²) < 4.78 is 41.6. The van der Waals surface area contributed by atoms with Gasteiger partial charge in [-0.1, -0.05) is 145 Å². The van der Waals surface area contributed by atoms with Gasteiger partial charge in [0.15, 0.2) is 23.3 Å². The van der Waals surface area contributed by atoms with Crippen LogP contribution in [-0.4, -0.2) is 171 Å². The first-order chi connectivity index (χ1) is 59.5. The fourth-order valence-corrected chi connectivity index (χ4v) is 15.4. The Morgan fingerprint density at radius 2 is 0.772 bits per heavy atom. The third kappa shape index (κ3) is 19.0. The van der Waals surface area contributed by atoms with E-state index in [-0.39, 0.29) is 52.6 Å². The Labute approximate surface area is 711 Å². The predicted molar refractivity (Wildman–Crippen MR) is 462 cm³/mol. The van der Waals surface area contributed by atoms with Crippen LogP contribution >= 0.6 is 0 Å². The fourth-order valence-electron chi connectivity index (χ4n) is 15.4. The van der Waals surface area contributed by atoms with Crippen molar-refractivity contribution in [2.45, 2.75) is 135 Å². The number of methoxy groups -OCH3 is 2. The van der Waals surface area contributed by atoms with E-state index in [0.29, 0.717) is 104 Å². The number of nitrogen functional groups attached to an aromatic ring is 4. The smallest absolute Gasteiger partial charge is 0.324 e. The summed E-state index contributed by atoms with van der Waals surface area (Å²) in [5.74, 6) is 6.77. The Balaban J connectivity index is 0.000000127. The SMILES string of the molecule is CC(C)C(C)(c1ccc(-c2cnc(N)nc2)cc1)c1noc(N2CC(O)C2)n1.CC(C)C(C)(c1ccc(-c2cnc(N)nc2)cc1)c1noc(NCC2CCOCC2)n1.COCCn1cc(-c2nc([C@@](C)(c3ccc(-c4cnc(N)nc4)cc3)C3CC3)no2)cn1.COCCn1cc(-c2nc([C@](C)(c3ccc(-c4cnc(N)nc4)cc3)C3CC3)no2)cn1. The number of aliphatic hydroxyl groups excluding tert-OH is 1. The molecule has 4 atom stereocenters. The van der Waals surface area contributed by atoms with Crippen LogP contribution < -0.4 is 33.2 Å². The standard InChI is InChI=1S/2C23H25N7O2.C23H30N6O2.C20H24N6O2/c2*1-23(19-7-8-19,18-5-3-15(4-6-18)16-11-25-22(24)26-12-16)21-28-20(32-29-21)17-13-27-30(14-17)9-10-31-2;1-15(2)23(3,19-6-4-17(5-7-19)18-13-25-21(24)26-14-18)20-28-22(31-29-20)27-12-16-8-10-30-11-9-16;1-12(2)20(3,17-24-19(28-25-17)26-10-16(27)11-26)15-6-4-13(5-7-15)14-8-22-18(21)23-9-14/h2*3-6,11-14,19H,7-10H2,1-2H3,(H2,24,25,26);4-7,13-16H,8-12H2,1-3H3,(H2,24,25,26)(H,27,28,29);4-9,12,16,27H,10-11H2,1-3H3,(H2,21,22,23)/t2*23-;;/m10../s1. The lowest BCUT2D eigenvalue weighted by atomic mass is 9.72. The largest absolute Gasteiger partial charge is 0.389 e. The van der Waals surface area contributed by atoms with Gasteiger partial charge in [0, 0.05) is 118 Å². The number of rotatable bonds is 28. The molecule has 4 aromatic carbocycles. The number of hydrogen-bond donors (Lipinski definition) is 6. The first-order valence-electron chi connectivity index (χ1n) is 41.4. The number of nitrogens with two attached hydrogens (primary N) is 4. The van der Waals surface area contributed by atoms with Crippen LogP contribution in [0.1, 0.15) is 139 Å². The maximum absolute atomic E-state index is 9.50. The maximum atomic E-state index is 9.50. The molecule has 34 heteroatoms. The number of aromatic nitrogens is 20. The zero-order valence-corrected chi connectivity index (χ0v) is 70.7. The average Bonchev–Trinajstić information content (AvgIpc) is 1.62. The summed E-state index contributed by atoms with van der Waals surface area (Å²) >= 11 is 0. The molecule has 10 aromatic heterocycles. The van der Waals surface area contributed by atoms with E-state index in [0.717, 1.165) is 136 Å². The molecule has 2 aliphatic carbocycles. The van der Waals surface area contributed by atoms with Crippen LogP contribution in [0.15, 0.2) is 190 Å². The third-order valence-corrected chi connectivity index (χ3v) is 24.4. The quantitative estimate of drug-likeness (QED) is 0.0265. The molecule has 2 saturated carbocycles. The highest BCUT2D eigenvalue weighted by atomic mass is 16.5. The molecule has 34 nitrogen and oxygen atoms in total. The van der Waals surface area contributed by atoms with Crippen molar-refractivity contribution in [2.24, 2.45) is 29.6 Å². The van der Waals surface area contributed by atoms with E-state index in [1.165, 1.54) is 0 Å². The van der Waals surface area contributed by atoms with Crippen molar-refractivity contribution in [3.63, 3.8) is 0 Å². The number of benzene rings is 4. The van der Waals surface area contributed by atoms with E-state index < -0.39 is 10.8 Å². The second-order valence-electron chi connectivity index (χ2n) is 32.9. The van der Waals surface area contributed by atoms with Gasteiger partial charge in [-0.05, 0) is 140 Å². The summed E-state index contributed by atoms with van der Waals surface area (Å²) in [4.78, 5) is 53.4. The lowest BCUT2D eigenvalue weighted by molar-refractivity contribution is 0.0697. The van der Waals surface area contributed by atoms with Gasteiger partial charge in [-0.2, -0.15) is 30.1 Å². The molecule has 638 valence electrons. The van der Waals surface area contributed by atoms with Gasteiger partial charge in [-0.3, -0.25) is 9.36 Å². The minimum absolute atomic E-state index is 0.241. The molecule has 2 saturated heterocycles. The minimum atomic E-state index is -0.415. The van der Waals surface area contributed by atoms with Gasteiger partial charge in [-0.15, -0.1) is 0 Å². The zero-order chi connectivity index (χ0) is 86.0. The van der Waals surface area contributed by atoms with Gasteiger partial charge in [0.05, 0.1) is 90.7 Å². The van der Waals surface area contributed by atoms with Crippen LogP contribution in [0.4, 0.5) is 35.8 Å². The number of anilines is 6. The average molecular weight is 1670 g/mol. The van der Waals surface area contributed by atoms with Crippen molar-refractivity contribution >= 4 is 35.8 Å². The molecule has 0 amide bonds. The number of nitrogens with zero attached hydrogens (tertiary/aromatic N) is 21. The highest BCUT2D eigenvalue weighted by Crippen LogP contribution is 2.53. The fraction of sp³-hybridized carbons (Fsp3) is 0.393. The van der Waals surface area contributed by atoms with Crippen molar-refractivity contribution in [3.05, 3.63) is 217 Å². The molecule has 123 heavy (non-hydrogen) atoms. The normalized spacial score (nSPS) is 16.2. The highest BCUT2D eigenvalue weighted by Gasteiger charge is 2.49. The van der Waals surface area contributed by atoms with E-state index in [4.69, 9.17) is 70.2 Å². The van der Waals surface area contributed by atoms with Crippen LogP contribution in [0, 0.1) is 29.6 Å². The minimum Gasteiger partial charge on any atom is -0.389 e. The monoisotopic (exact) mass is 1660 g/mol. The summed E-state index contributed by atoms with van der Waals surface area (Å²) in [6.07, 6.45) is 27.5. The molecular formula is C89H104N26O8. The van der Waals surface area contributed by atoms with Crippen LogP contribution in [0.5, 0.6) is 0 Å². The summed E-state index contributed by atoms with van der Waals surface area (Å²) in [6.45, 7) is 23.4. The predicted octanol–water partition coefficient (Wildman–Crippen LogP) is 12.8. The molecule has 0 radical (unpaired) electrons. The molecule has 0 spiro atoms. The second-order valence-corrected chi connectivity index (χ2v) is 32.9. The zero-order valence-electron chi connectivity index (χ0n) is 70.7. The molecule has 4 fully saturated rings. The first-order valence-corrected chi connectivity index (χ1v) is 41.4. The summed E-state index contributed by atoms with van der Waals surface area (Å²) in [6, 6.07) is 34.3. The lowest BCUT2D eigenvalue weighted by Gasteiger charge is -2.34. The molecule has 2 aliphatic heterocycles. The first kappa shape index (κ1) is 84.8. The van der Waals surface area contributed by atoms with Crippen molar-refractivity contribution in [1.82, 2.24) is 100.0 Å². The Hall–Kier alpha value is -13.2. The molecule has 12 heterocycles. The van der Waals surface area contributed by atoms with Gasteiger partial charge >= 0.3 is 12.0 Å². The number of ether oxygens (including phenoxy) is 3. The Kier molecular flexibility index (Phi) is 25.5. The maximum Gasteiger partial charge on any atom is 0.324 e. The Morgan fingerprint density at radius 1 is 0.423 bits per heavy atom.